The minimum absolute atomic E-state index is 0.367. The number of hydrogen-bond acceptors (Lipinski definition) is 2. The lowest BCUT2D eigenvalue weighted by molar-refractivity contribution is 0.282. The third-order valence-electron chi connectivity index (χ3n) is 5.16. The Morgan fingerprint density at radius 2 is 0.720 bits per heavy atom. The molecule has 0 amide bonds. The van der Waals surface area contributed by atoms with E-state index in [1.165, 1.54) is 116 Å². The van der Waals surface area contributed by atoms with Gasteiger partial charge in [0.1, 0.15) is 0 Å². The summed E-state index contributed by atoms with van der Waals surface area (Å²) in [6.07, 6.45) is 26.9. The summed E-state index contributed by atoms with van der Waals surface area (Å²) >= 11 is 0. The first-order valence-electron chi connectivity index (χ1n) is 11.3. The summed E-state index contributed by atoms with van der Waals surface area (Å²) in [6.45, 7) is 4.11. The van der Waals surface area contributed by atoms with Gasteiger partial charge in [0.15, 0.2) is 0 Å². The molecule has 0 atom stereocenters. The molecule has 2 nitrogen and oxygen atoms in total. The molecule has 3 N–H and O–H groups in total. The Morgan fingerprint density at radius 3 is 0.960 bits per heavy atom. The second-order valence-electron chi connectivity index (χ2n) is 7.85. The molecule has 0 unspecified atom stereocenters. The molecule has 0 aromatic rings. The molecule has 0 aliphatic carbocycles. The zero-order valence-electron chi connectivity index (χ0n) is 17.1. The first-order valence-corrected chi connectivity index (χ1v) is 11.3. The van der Waals surface area contributed by atoms with E-state index in [1.54, 1.807) is 0 Å². The number of aliphatic hydroxyl groups excluding tert-OH is 1. The van der Waals surface area contributed by atoms with Crippen molar-refractivity contribution in [2.45, 2.75) is 128 Å². The normalized spacial score (nSPS) is 11.1. The summed E-state index contributed by atoms with van der Waals surface area (Å²) in [6, 6.07) is 0. The Morgan fingerprint density at radius 1 is 0.480 bits per heavy atom. The van der Waals surface area contributed by atoms with Gasteiger partial charge in [0.05, 0.1) is 0 Å². The van der Waals surface area contributed by atoms with Crippen LogP contribution in [0.2, 0.25) is 0 Å². The fourth-order valence-electron chi connectivity index (χ4n) is 3.47. The summed E-state index contributed by atoms with van der Waals surface area (Å²) in [5.74, 6) is 0. The van der Waals surface area contributed by atoms with Crippen LogP contribution in [0, 0.1) is 0 Å². The summed E-state index contributed by atoms with van der Waals surface area (Å²) < 4.78 is 0. The van der Waals surface area contributed by atoms with Crippen molar-refractivity contribution in [3.63, 3.8) is 0 Å². The van der Waals surface area contributed by atoms with E-state index in [0.717, 1.165) is 18.5 Å². The molecule has 2 heteroatoms. The van der Waals surface area contributed by atoms with Crippen LogP contribution in [-0.4, -0.2) is 11.7 Å². The van der Waals surface area contributed by atoms with Gasteiger partial charge in [0.25, 0.3) is 0 Å². The lowest BCUT2D eigenvalue weighted by atomic mass is 10.0. The predicted octanol–water partition coefficient (Wildman–Crippen LogP) is 7.25. The van der Waals surface area contributed by atoms with Gasteiger partial charge in [-0.1, -0.05) is 116 Å². The third kappa shape index (κ3) is 23.5. The summed E-state index contributed by atoms with van der Waals surface area (Å²) in [5, 5.41) is 8.72. The molecule has 0 rings (SSSR count). The van der Waals surface area contributed by atoms with Crippen molar-refractivity contribution < 1.29 is 5.11 Å². The first kappa shape index (κ1) is 24.5. The Labute approximate surface area is 158 Å². The van der Waals surface area contributed by atoms with Crippen LogP contribution in [0.25, 0.3) is 0 Å². The van der Waals surface area contributed by atoms with Gasteiger partial charge in [0.2, 0.25) is 0 Å². The SMILES string of the molecule is C=C(N)CCCCCCCCCCCCCCCCCCCCCO. The molecule has 0 saturated heterocycles. The number of rotatable bonds is 21. The molecule has 0 aromatic heterocycles. The van der Waals surface area contributed by atoms with E-state index in [4.69, 9.17) is 10.8 Å². The topological polar surface area (TPSA) is 46.2 Å². The molecule has 0 heterocycles. The molecule has 0 bridgehead atoms. The molecular formula is C23H47NO. The number of aliphatic hydroxyl groups is 1. The van der Waals surface area contributed by atoms with Gasteiger partial charge in [-0.05, 0) is 19.3 Å². The number of allylic oxidation sites excluding steroid dienone is 1. The molecule has 0 aromatic carbocycles. The van der Waals surface area contributed by atoms with E-state index in [-0.39, 0.29) is 0 Å². The van der Waals surface area contributed by atoms with Gasteiger partial charge in [0, 0.05) is 12.3 Å². The fourth-order valence-corrected chi connectivity index (χ4v) is 3.47. The number of nitrogens with two attached hydrogens (primary N) is 1. The van der Waals surface area contributed by atoms with E-state index in [0.29, 0.717) is 6.61 Å². The summed E-state index contributed by atoms with van der Waals surface area (Å²) in [4.78, 5) is 0. The van der Waals surface area contributed by atoms with Gasteiger partial charge in [-0.3, -0.25) is 0 Å². The standard InChI is InChI=1S/C23H47NO/c1-23(24)21-19-17-15-13-11-9-7-5-3-2-4-6-8-10-12-14-16-18-20-22-25/h25H,1-22,24H2. The van der Waals surface area contributed by atoms with Gasteiger partial charge >= 0.3 is 0 Å². The Balaban J connectivity index is 2.97. The molecular weight excluding hydrogens is 306 g/mol. The highest BCUT2D eigenvalue weighted by molar-refractivity contribution is 4.84. The fraction of sp³-hybridized carbons (Fsp3) is 0.913. The van der Waals surface area contributed by atoms with Crippen molar-refractivity contribution in [3.8, 4) is 0 Å². The van der Waals surface area contributed by atoms with Crippen molar-refractivity contribution in [1.82, 2.24) is 0 Å². The Bertz CT molecular complexity index is 265. The highest BCUT2D eigenvalue weighted by Crippen LogP contribution is 2.14. The molecule has 0 spiro atoms. The molecule has 150 valence electrons. The lowest BCUT2D eigenvalue weighted by Gasteiger charge is -2.04. The van der Waals surface area contributed by atoms with Crippen molar-refractivity contribution >= 4 is 0 Å². The minimum Gasteiger partial charge on any atom is -0.403 e. The van der Waals surface area contributed by atoms with E-state index < -0.39 is 0 Å². The Hall–Kier alpha value is -0.500. The van der Waals surface area contributed by atoms with Crippen molar-refractivity contribution in [2.75, 3.05) is 6.61 Å². The van der Waals surface area contributed by atoms with Gasteiger partial charge in [-0.2, -0.15) is 0 Å². The monoisotopic (exact) mass is 353 g/mol. The first-order chi connectivity index (χ1) is 12.3. The van der Waals surface area contributed by atoms with E-state index in [2.05, 4.69) is 6.58 Å². The largest absolute Gasteiger partial charge is 0.403 e. The lowest BCUT2D eigenvalue weighted by Crippen LogP contribution is -1.93. The minimum atomic E-state index is 0.367. The second-order valence-corrected chi connectivity index (χ2v) is 7.85. The van der Waals surface area contributed by atoms with Crippen LogP contribution in [0.5, 0.6) is 0 Å². The summed E-state index contributed by atoms with van der Waals surface area (Å²) in [5.41, 5.74) is 6.41. The third-order valence-corrected chi connectivity index (χ3v) is 5.16. The number of hydrogen-bond donors (Lipinski definition) is 2. The number of unbranched alkanes of at least 4 members (excludes halogenated alkanes) is 18. The van der Waals surface area contributed by atoms with Crippen LogP contribution in [0.3, 0.4) is 0 Å². The summed E-state index contributed by atoms with van der Waals surface area (Å²) in [7, 11) is 0. The maximum Gasteiger partial charge on any atom is 0.0431 e. The van der Waals surface area contributed by atoms with Crippen molar-refractivity contribution in [3.05, 3.63) is 12.3 Å². The molecule has 0 aliphatic heterocycles. The zero-order valence-corrected chi connectivity index (χ0v) is 17.1. The van der Waals surface area contributed by atoms with Crippen LogP contribution in [0.4, 0.5) is 0 Å². The van der Waals surface area contributed by atoms with Gasteiger partial charge < -0.3 is 10.8 Å². The highest BCUT2D eigenvalue weighted by atomic mass is 16.2. The van der Waals surface area contributed by atoms with Crippen LogP contribution in [0.1, 0.15) is 128 Å². The molecule has 0 fully saturated rings. The zero-order chi connectivity index (χ0) is 18.4. The van der Waals surface area contributed by atoms with Gasteiger partial charge in [-0.25, -0.2) is 0 Å². The molecule has 0 radical (unpaired) electrons. The predicted molar refractivity (Wildman–Crippen MR) is 113 cm³/mol. The smallest absolute Gasteiger partial charge is 0.0431 e. The second kappa shape index (κ2) is 21.5. The molecule has 0 saturated carbocycles. The van der Waals surface area contributed by atoms with Crippen LogP contribution < -0.4 is 5.73 Å². The maximum atomic E-state index is 8.72. The average Bonchev–Trinajstić information content (AvgIpc) is 2.60. The van der Waals surface area contributed by atoms with Crippen molar-refractivity contribution in [1.29, 1.82) is 0 Å². The van der Waals surface area contributed by atoms with Crippen molar-refractivity contribution in [2.24, 2.45) is 5.73 Å². The average molecular weight is 354 g/mol. The highest BCUT2D eigenvalue weighted by Gasteiger charge is 1.95. The van der Waals surface area contributed by atoms with E-state index in [1.807, 2.05) is 0 Å². The maximum absolute atomic E-state index is 8.72. The van der Waals surface area contributed by atoms with Crippen LogP contribution >= 0.6 is 0 Å². The Kier molecular flexibility index (Phi) is 21.1. The van der Waals surface area contributed by atoms with Crippen LogP contribution in [-0.2, 0) is 0 Å². The van der Waals surface area contributed by atoms with E-state index >= 15 is 0 Å². The van der Waals surface area contributed by atoms with Gasteiger partial charge in [-0.15, -0.1) is 0 Å². The molecule has 25 heavy (non-hydrogen) atoms. The van der Waals surface area contributed by atoms with E-state index in [9.17, 15) is 0 Å². The quantitative estimate of drug-likeness (QED) is 0.213. The van der Waals surface area contributed by atoms with Crippen LogP contribution in [0.15, 0.2) is 12.3 Å². The molecule has 0 aliphatic rings.